The summed E-state index contributed by atoms with van der Waals surface area (Å²) in [7, 11) is 1.57. The summed E-state index contributed by atoms with van der Waals surface area (Å²) in [6.07, 6.45) is 2.46. The molecule has 1 aromatic heterocycles. The molecule has 0 aliphatic rings. The van der Waals surface area contributed by atoms with Crippen LogP contribution in [-0.4, -0.2) is 20.9 Å². The second-order valence-electron chi connectivity index (χ2n) is 3.71. The fraction of sp³-hybridized carbons (Fsp3) is 0.600. The third kappa shape index (κ3) is 3.60. The van der Waals surface area contributed by atoms with Gasteiger partial charge in [0.2, 0.25) is 0 Å². The number of aryl methyl sites for hydroxylation is 1. The van der Waals surface area contributed by atoms with Gasteiger partial charge < -0.3 is 5.11 Å². The summed E-state index contributed by atoms with van der Waals surface area (Å²) in [6.45, 7) is 0. The molecule has 0 aromatic carbocycles. The van der Waals surface area contributed by atoms with Crippen LogP contribution in [0.4, 0.5) is 8.78 Å². The third-order valence-electron chi connectivity index (χ3n) is 2.26. The summed E-state index contributed by atoms with van der Waals surface area (Å²) < 4.78 is 28.3. The Morgan fingerprint density at radius 3 is 2.75 bits per heavy atom. The molecule has 0 aliphatic heterocycles. The predicted octanol–water partition coefficient (Wildman–Crippen LogP) is 2.16. The zero-order valence-corrected chi connectivity index (χ0v) is 8.99. The van der Waals surface area contributed by atoms with Crippen LogP contribution in [0.3, 0.4) is 0 Å². The molecule has 90 valence electrons. The van der Waals surface area contributed by atoms with E-state index in [4.69, 9.17) is 5.11 Å². The SMILES string of the molecule is Cn1cc(C(F)(F)CCCCC(=O)O)cn1. The number of aromatic nitrogens is 2. The standard InChI is InChI=1S/C10H14F2N2O2/c1-14-7-8(6-13-14)10(11,12)5-3-2-4-9(15)16/h6-7H,2-5H2,1H3,(H,15,16). The van der Waals surface area contributed by atoms with E-state index in [0.29, 0.717) is 0 Å². The molecule has 0 atom stereocenters. The number of nitrogens with zero attached hydrogens (tertiary/aromatic N) is 2. The first-order chi connectivity index (χ1) is 7.42. The van der Waals surface area contributed by atoms with Gasteiger partial charge in [-0.1, -0.05) is 0 Å². The van der Waals surface area contributed by atoms with Gasteiger partial charge in [-0.05, 0) is 12.8 Å². The maximum Gasteiger partial charge on any atom is 0.303 e. The van der Waals surface area contributed by atoms with E-state index in [1.807, 2.05) is 0 Å². The van der Waals surface area contributed by atoms with Crippen LogP contribution in [0, 0.1) is 0 Å². The molecule has 6 heteroatoms. The number of carboxylic acids is 1. The van der Waals surface area contributed by atoms with Crippen molar-refractivity contribution >= 4 is 5.97 Å². The third-order valence-corrected chi connectivity index (χ3v) is 2.26. The zero-order valence-electron chi connectivity index (χ0n) is 8.99. The number of hydrogen-bond acceptors (Lipinski definition) is 2. The maximum absolute atomic E-state index is 13.5. The molecule has 0 saturated heterocycles. The van der Waals surface area contributed by atoms with Gasteiger partial charge >= 0.3 is 5.97 Å². The van der Waals surface area contributed by atoms with Crippen molar-refractivity contribution < 1.29 is 18.7 Å². The zero-order chi connectivity index (χ0) is 12.2. The van der Waals surface area contributed by atoms with Gasteiger partial charge in [0.25, 0.3) is 5.92 Å². The summed E-state index contributed by atoms with van der Waals surface area (Å²) >= 11 is 0. The summed E-state index contributed by atoms with van der Waals surface area (Å²) in [5.74, 6) is -3.88. The van der Waals surface area contributed by atoms with E-state index in [0.717, 1.165) is 6.20 Å². The van der Waals surface area contributed by atoms with Crippen molar-refractivity contribution in [3.05, 3.63) is 18.0 Å². The van der Waals surface area contributed by atoms with Crippen molar-refractivity contribution in [3.8, 4) is 0 Å². The van der Waals surface area contributed by atoms with E-state index < -0.39 is 11.9 Å². The van der Waals surface area contributed by atoms with Gasteiger partial charge in [0, 0.05) is 26.1 Å². The molecule has 0 aliphatic carbocycles. The predicted molar refractivity (Wildman–Crippen MR) is 53.2 cm³/mol. The molecule has 0 saturated carbocycles. The Morgan fingerprint density at radius 2 is 2.25 bits per heavy atom. The minimum atomic E-state index is -2.92. The largest absolute Gasteiger partial charge is 0.481 e. The summed E-state index contributed by atoms with van der Waals surface area (Å²) in [5.41, 5.74) is -0.120. The smallest absolute Gasteiger partial charge is 0.303 e. The number of unbranched alkanes of at least 4 members (excludes halogenated alkanes) is 1. The van der Waals surface area contributed by atoms with Gasteiger partial charge in [0.05, 0.1) is 11.8 Å². The average molecular weight is 232 g/mol. The van der Waals surface area contributed by atoms with Crippen LogP contribution in [0.2, 0.25) is 0 Å². The highest BCUT2D eigenvalue weighted by Crippen LogP contribution is 2.32. The molecule has 4 nitrogen and oxygen atoms in total. The molecule has 0 unspecified atom stereocenters. The van der Waals surface area contributed by atoms with E-state index in [1.54, 1.807) is 7.05 Å². The molecule has 0 spiro atoms. The lowest BCUT2D eigenvalue weighted by Crippen LogP contribution is -2.12. The lowest BCUT2D eigenvalue weighted by atomic mass is 10.1. The van der Waals surface area contributed by atoms with Crippen LogP contribution >= 0.6 is 0 Å². The number of hydrogen-bond donors (Lipinski definition) is 1. The molecule has 0 bridgehead atoms. The fourth-order valence-electron chi connectivity index (χ4n) is 1.38. The van der Waals surface area contributed by atoms with E-state index >= 15 is 0 Å². The molecular weight excluding hydrogens is 218 g/mol. The first-order valence-electron chi connectivity index (χ1n) is 5.00. The molecule has 16 heavy (non-hydrogen) atoms. The summed E-state index contributed by atoms with van der Waals surface area (Å²) in [4.78, 5) is 10.2. The Bertz CT molecular complexity index is 363. The Labute approximate surface area is 91.9 Å². The van der Waals surface area contributed by atoms with E-state index in [-0.39, 0.29) is 31.2 Å². The molecular formula is C10H14F2N2O2. The monoisotopic (exact) mass is 232 g/mol. The van der Waals surface area contributed by atoms with Crippen LogP contribution in [0.25, 0.3) is 0 Å². The van der Waals surface area contributed by atoms with Crippen LogP contribution in [0.1, 0.15) is 31.2 Å². The van der Waals surface area contributed by atoms with Crippen molar-refractivity contribution in [3.63, 3.8) is 0 Å². The van der Waals surface area contributed by atoms with Gasteiger partial charge in [-0.3, -0.25) is 9.48 Å². The fourth-order valence-corrected chi connectivity index (χ4v) is 1.38. The molecule has 0 radical (unpaired) electrons. The molecule has 1 aromatic rings. The van der Waals surface area contributed by atoms with E-state index in [1.165, 1.54) is 10.9 Å². The number of halogens is 2. The normalized spacial score (nSPS) is 11.7. The first kappa shape index (κ1) is 12.6. The van der Waals surface area contributed by atoms with Gasteiger partial charge in [0.1, 0.15) is 0 Å². The quantitative estimate of drug-likeness (QED) is 0.764. The van der Waals surface area contributed by atoms with Crippen LogP contribution in [-0.2, 0) is 17.8 Å². The van der Waals surface area contributed by atoms with Crippen LogP contribution < -0.4 is 0 Å². The number of rotatable bonds is 6. The van der Waals surface area contributed by atoms with E-state index in [2.05, 4.69) is 5.10 Å². The lowest BCUT2D eigenvalue weighted by molar-refractivity contribution is -0.137. The van der Waals surface area contributed by atoms with Crippen molar-refractivity contribution in [2.75, 3.05) is 0 Å². The Morgan fingerprint density at radius 1 is 1.56 bits per heavy atom. The molecule has 1 N–H and O–H groups in total. The molecule has 0 amide bonds. The van der Waals surface area contributed by atoms with Gasteiger partial charge in [-0.25, -0.2) is 8.78 Å². The summed E-state index contributed by atoms with van der Waals surface area (Å²) in [6, 6.07) is 0. The Balaban J connectivity index is 2.43. The second-order valence-corrected chi connectivity index (χ2v) is 3.71. The number of alkyl halides is 2. The highest BCUT2D eigenvalue weighted by atomic mass is 19.3. The topological polar surface area (TPSA) is 55.1 Å². The second kappa shape index (κ2) is 5.05. The van der Waals surface area contributed by atoms with Gasteiger partial charge in [-0.2, -0.15) is 5.10 Å². The van der Waals surface area contributed by atoms with Crippen molar-refractivity contribution in [2.45, 2.75) is 31.6 Å². The Hall–Kier alpha value is -1.46. The van der Waals surface area contributed by atoms with Gasteiger partial charge in [0.15, 0.2) is 0 Å². The number of carbonyl (C=O) groups is 1. The average Bonchev–Trinajstić information content (AvgIpc) is 2.60. The highest BCUT2D eigenvalue weighted by Gasteiger charge is 2.32. The van der Waals surface area contributed by atoms with Crippen molar-refractivity contribution in [2.24, 2.45) is 7.05 Å². The summed E-state index contributed by atoms with van der Waals surface area (Å²) in [5, 5.41) is 12.0. The minimum Gasteiger partial charge on any atom is -0.481 e. The Kier molecular flexibility index (Phi) is 3.98. The number of carboxylic acid groups (broad SMARTS) is 1. The lowest BCUT2D eigenvalue weighted by Gasteiger charge is -2.13. The van der Waals surface area contributed by atoms with Crippen molar-refractivity contribution in [1.29, 1.82) is 0 Å². The minimum absolute atomic E-state index is 0.0663. The van der Waals surface area contributed by atoms with Crippen LogP contribution in [0.5, 0.6) is 0 Å². The van der Waals surface area contributed by atoms with Crippen LogP contribution in [0.15, 0.2) is 12.4 Å². The highest BCUT2D eigenvalue weighted by molar-refractivity contribution is 5.66. The van der Waals surface area contributed by atoms with Gasteiger partial charge in [-0.15, -0.1) is 0 Å². The number of aliphatic carboxylic acids is 1. The maximum atomic E-state index is 13.5. The molecule has 0 fully saturated rings. The van der Waals surface area contributed by atoms with Crippen molar-refractivity contribution in [1.82, 2.24) is 9.78 Å². The van der Waals surface area contributed by atoms with E-state index in [9.17, 15) is 13.6 Å². The molecule has 1 rings (SSSR count). The first-order valence-corrected chi connectivity index (χ1v) is 5.00. The molecule has 1 heterocycles.